The van der Waals surface area contributed by atoms with Crippen molar-refractivity contribution in [2.75, 3.05) is 37.6 Å². The lowest BCUT2D eigenvalue weighted by Crippen LogP contribution is -2.16. The molecule has 0 bridgehead atoms. The second-order valence-corrected chi connectivity index (χ2v) is 6.86. The maximum atomic E-state index is 14.1. The van der Waals surface area contributed by atoms with Gasteiger partial charge in [-0.1, -0.05) is 18.2 Å². The number of methoxy groups -OCH3 is 1. The van der Waals surface area contributed by atoms with E-state index in [9.17, 15) is 4.39 Å². The van der Waals surface area contributed by atoms with E-state index in [1.165, 1.54) is 13.2 Å². The van der Waals surface area contributed by atoms with Crippen molar-refractivity contribution in [3.63, 3.8) is 0 Å². The first-order valence-electron chi connectivity index (χ1n) is 9.49. The standard InChI is InChI=1S/C19H19FN8.C2H4O2/c1-27(2)15-16(21)24-18(25-17(15)22)14-12-7-5-9-23-19(12)28(26-14)10-11-6-3-4-8-13(11)20;1-4-2-3/h3-9H,10H2,1-2H3,(H4,21,22,24,25);2H,1H3. The number of rotatable bonds is 5. The highest BCUT2D eigenvalue weighted by Gasteiger charge is 2.19. The molecular weight excluding hydrogens is 415 g/mol. The monoisotopic (exact) mass is 438 g/mol. The first kappa shape index (κ1) is 22.4. The summed E-state index contributed by atoms with van der Waals surface area (Å²) in [5.41, 5.74) is 14.3. The van der Waals surface area contributed by atoms with Crippen LogP contribution in [0, 0.1) is 5.82 Å². The first-order chi connectivity index (χ1) is 15.4. The third kappa shape index (κ3) is 4.56. The summed E-state index contributed by atoms with van der Waals surface area (Å²) in [6.07, 6.45) is 1.66. The number of nitrogen functional groups attached to an aromatic ring is 2. The Morgan fingerprint density at radius 3 is 2.38 bits per heavy atom. The molecule has 1 aromatic carbocycles. The molecule has 0 spiro atoms. The lowest BCUT2D eigenvalue weighted by molar-refractivity contribution is -0.126. The third-order valence-electron chi connectivity index (χ3n) is 4.48. The Bertz CT molecular complexity index is 1220. The molecule has 11 heteroatoms. The zero-order valence-corrected chi connectivity index (χ0v) is 17.9. The zero-order chi connectivity index (χ0) is 23.3. The molecule has 3 aromatic heterocycles. The van der Waals surface area contributed by atoms with Crippen molar-refractivity contribution in [2.45, 2.75) is 6.54 Å². The average Bonchev–Trinajstić information content (AvgIpc) is 3.13. The van der Waals surface area contributed by atoms with Gasteiger partial charge in [-0.25, -0.2) is 24.0 Å². The van der Waals surface area contributed by atoms with Gasteiger partial charge < -0.3 is 21.1 Å². The fourth-order valence-corrected chi connectivity index (χ4v) is 3.13. The summed E-state index contributed by atoms with van der Waals surface area (Å²) in [5.74, 6) is 0.510. The Morgan fingerprint density at radius 2 is 1.78 bits per heavy atom. The number of hydrogen-bond acceptors (Lipinski definition) is 9. The minimum absolute atomic E-state index is 0.223. The molecule has 4 rings (SSSR count). The average molecular weight is 438 g/mol. The van der Waals surface area contributed by atoms with Crippen LogP contribution in [0.15, 0.2) is 42.6 Å². The largest absolute Gasteiger partial charge is 0.471 e. The van der Waals surface area contributed by atoms with Gasteiger partial charge >= 0.3 is 0 Å². The van der Waals surface area contributed by atoms with Gasteiger partial charge in [0, 0.05) is 25.9 Å². The van der Waals surface area contributed by atoms with Gasteiger partial charge in [-0.3, -0.25) is 4.79 Å². The van der Waals surface area contributed by atoms with E-state index >= 15 is 0 Å². The second-order valence-electron chi connectivity index (χ2n) is 6.86. The highest BCUT2D eigenvalue weighted by atomic mass is 19.1. The summed E-state index contributed by atoms with van der Waals surface area (Å²) in [6, 6.07) is 10.2. The minimum atomic E-state index is -0.302. The topological polar surface area (TPSA) is 138 Å². The molecule has 0 aliphatic carbocycles. The van der Waals surface area contributed by atoms with E-state index in [1.54, 1.807) is 40.0 Å². The predicted molar refractivity (Wildman–Crippen MR) is 120 cm³/mol. The van der Waals surface area contributed by atoms with Crippen molar-refractivity contribution in [3.05, 3.63) is 54.0 Å². The Labute approximate surface area is 183 Å². The molecule has 0 saturated heterocycles. The second kappa shape index (κ2) is 9.69. The number of hydrogen-bond donors (Lipinski definition) is 2. The smallest absolute Gasteiger partial charge is 0.292 e. The number of nitrogens with two attached hydrogens (primary N) is 2. The van der Waals surface area contributed by atoms with E-state index in [-0.39, 0.29) is 24.0 Å². The van der Waals surface area contributed by atoms with Crippen LogP contribution in [0.5, 0.6) is 0 Å². The fraction of sp³-hybridized carbons (Fsp3) is 0.190. The highest BCUT2D eigenvalue weighted by Crippen LogP contribution is 2.31. The van der Waals surface area contributed by atoms with E-state index in [1.807, 2.05) is 20.2 Å². The maximum absolute atomic E-state index is 14.1. The molecule has 166 valence electrons. The van der Waals surface area contributed by atoms with Crippen LogP contribution >= 0.6 is 0 Å². The number of ether oxygens (including phenoxy) is 1. The summed E-state index contributed by atoms with van der Waals surface area (Å²) >= 11 is 0. The van der Waals surface area contributed by atoms with Crippen LogP contribution in [0.3, 0.4) is 0 Å². The molecule has 0 aliphatic heterocycles. The van der Waals surface area contributed by atoms with Crippen LogP contribution in [-0.2, 0) is 16.1 Å². The van der Waals surface area contributed by atoms with Crippen LogP contribution in [0.1, 0.15) is 5.56 Å². The quantitative estimate of drug-likeness (QED) is 0.449. The van der Waals surface area contributed by atoms with Gasteiger partial charge in [0.05, 0.1) is 19.0 Å². The molecule has 4 N–H and O–H groups in total. The van der Waals surface area contributed by atoms with Crippen LogP contribution in [0.4, 0.5) is 21.7 Å². The molecule has 32 heavy (non-hydrogen) atoms. The molecule has 0 aliphatic rings. The molecule has 4 aromatic rings. The number of halogens is 1. The molecule has 0 unspecified atom stereocenters. The van der Waals surface area contributed by atoms with Gasteiger partial charge in [0.25, 0.3) is 6.47 Å². The van der Waals surface area contributed by atoms with E-state index in [0.29, 0.717) is 34.9 Å². The Balaban J connectivity index is 0.000000668. The Morgan fingerprint density at radius 1 is 1.12 bits per heavy atom. The van der Waals surface area contributed by atoms with Gasteiger partial charge in [-0.05, 0) is 18.2 Å². The molecule has 3 heterocycles. The van der Waals surface area contributed by atoms with Crippen molar-refractivity contribution in [1.82, 2.24) is 24.7 Å². The molecule has 10 nitrogen and oxygen atoms in total. The summed E-state index contributed by atoms with van der Waals surface area (Å²) in [5, 5.41) is 5.32. The first-order valence-corrected chi connectivity index (χ1v) is 9.49. The number of nitrogens with zero attached hydrogens (tertiary/aromatic N) is 6. The molecule has 0 saturated carbocycles. The molecule has 0 fully saturated rings. The van der Waals surface area contributed by atoms with Gasteiger partial charge in [0.1, 0.15) is 17.2 Å². The molecule has 0 amide bonds. The maximum Gasteiger partial charge on any atom is 0.292 e. The number of pyridine rings is 1. The molecule has 0 atom stereocenters. The van der Waals surface area contributed by atoms with E-state index < -0.39 is 0 Å². The predicted octanol–water partition coefficient (Wildman–Crippen LogP) is 2.10. The van der Waals surface area contributed by atoms with Crippen molar-refractivity contribution in [2.24, 2.45) is 0 Å². The summed E-state index contributed by atoms with van der Waals surface area (Å²) in [7, 11) is 4.94. The van der Waals surface area contributed by atoms with Crippen molar-refractivity contribution in [1.29, 1.82) is 0 Å². The normalized spacial score (nSPS) is 10.4. The van der Waals surface area contributed by atoms with Crippen molar-refractivity contribution in [3.8, 4) is 11.5 Å². The van der Waals surface area contributed by atoms with Crippen molar-refractivity contribution < 1.29 is 13.9 Å². The minimum Gasteiger partial charge on any atom is -0.471 e. The fourth-order valence-electron chi connectivity index (χ4n) is 3.13. The molecular formula is C21H23FN8O2. The number of aromatic nitrogens is 5. The number of carbonyl (C=O) groups excluding carboxylic acids is 1. The lowest BCUT2D eigenvalue weighted by Gasteiger charge is -2.16. The third-order valence-corrected chi connectivity index (χ3v) is 4.48. The van der Waals surface area contributed by atoms with E-state index in [2.05, 4.69) is 24.8 Å². The van der Waals surface area contributed by atoms with Crippen LogP contribution in [-0.4, -0.2) is 52.4 Å². The Hall–Kier alpha value is -4.28. The SMILES string of the molecule is CN(C)c1c(N)nc(-c2nn(Cc3ccccc3F)c3ncccc23)nc1N.COC=O. The number of anilines is 3. The number of fused-ring (bicyclic) bond motifs is 1. The lowest BCUT2D eigenvalue weighted by atomic mass is 10.2. The zero-order valence-electron chi connectivity index (χ0n) is 17.9. The van der Waals surface area contributed by atoms with Crippen LogP contribution < -0.4 is 16.4 Å². The van der Waals surface area contributed by atoms with Crippen LogP contribution in [0.25, 0.3) is 22.6 Å². The summed E-state index contributed by atoms with van der Waals surface area (Å²) in [4.78, 5) is 23.9. The number of benzene rings is 1. The van der Waals surface area contributed by atoms with Crippen molar-refractivity contribution >= 4 is 34.8 Å². The highest BCUT2D eigenvalue weighted by molar-refractivity contribution is 5.90. The number of carbonyl (C=O) groups is 1. The Kier molecular flexibility index (Phi) is 6.78. The van der Waals surface area contributed by atoms with Gasteiger partial charge in [0.2, 0.25) is 0 Å². The van der Waals surface area contributed by atoms with Gasteiger partial charge in [-0.15, -0.1) is 0 Å². The van der Waals surface area contributed by atoms with E-state index in [0.717, 1.165) is 5.39 Å². The van der Waals surface area contributed by atoms with E-state index in [4.69, 9.17) is 16.3 Å². The van der Waals surface area contributed by atoms with Gasteiger partial charge in [0.15, 0.2) is 23.1 Å². The summed E-state index contributed by atoms with van der Waals surface area (Å²) in [6.45, 7) is 0.598. The van der Waals surface area contributed by atoms with Crippen LogP contribution in [0.2, 0.25) is 0 Å². The summed E-state index contributed by atoms with van der Waals surface area (Å²) < 4.78 is 19.6. The molecule has 0 radical (unpaired) electrons. The van der Waals surface area contributed by atoms with Gasteiger partial charge in [-0.2, -0.15) is 5.10 Å².